The van der Waals surface area contributed by atoms with Crippen LogP contribution in [0.2, 0.25) is 0 Å². The highest BCUT2D eigenvalue weighted by atomic mass is 32.2. The van der Waals surface area contributed by atoms with E-state index in [0.29, 0.717) is 35.6 Å². The van der Waals surface area contributed by atoms with Crippen molar-refractivity contribution in [1.29, 1.82) is 5.41 Å². The van der Waals surface area contributed by atoms with Gasteiger partial charge in [0, 0.05) is 29.8 Å². The fraction of sp³-hybridized carbons (Fsp3) is 0.286. The number of aromatic nitrogens is 1. The van der Waals surface area contributed by atoms with Gasteiger partial charge in [-0.25, -0.2) is 9.37 Å². The Morgan fingerprint density at radius 2 is 1.98 bits per heavy atom. The summed E-state index contributed by atoms with van der Waals surface area (Å²) < 4.78 is 59.5. The van der Waals surface area contributed by atoms with Crippen molar-refractivity contribution in [2.24, 2.45) is 16.5 Å². The second-order valence-corrected chi connectivity index (χ2v) is 10.9. The van der Waals surface area contributed by atoms with Gasteiger partial charge >= 0.3 is 5.97 Å². The van der Waals surface area contributed by atoms with E-state index in [1.807, 2.05) is 4.90 Å². The summed E-state index contributed by atoms with van der Waals surface area (Å²) in [4.78, 5) is 22.1. The first-order chi connectivity index (χ1) is 20.5. The lowest BCUT2D eigenvalue weighted by molar-refractivity contribution is -0.144. The highest BCUT2D eigenvalue weighted by molar-refractivity contribution is 7.85. The molecule has 1 aliphatic heterocycles. The number of esters is 1. The van der Waals surface area contributed by atoms with Crippen molar-refractivity contribution in [3.8, 4) is 28.9 Å². The summed E-state index contributed by atoms with van der Waals surface area (Å²) >= 11 is 0. The van der Waals surface area contributed by atoms with Gasteiger partial charge in [-0.1, -0.05) is 0 Å². The number of rotatable bonds is 12. The molecule has 0 aliphatic carbocycles. The summed E-state index contributed by atoms with van der Waals surface area (Å²) in [6, 6.07) is 7.26. The molecule has 1 aromatic heterocycles. The lowest BCUT2D eigenvalue weighted by Gasteiger charge is -2.19. The number of nitrogens with one attached hydrogen (secondary N) is 1. The quantitative estimate of drug-likeness (QED) is 0.134. The monoisotopic (exact) mass is 616 g/mol. The smallest absolute Gasteiger partial charge is 0.322 e. The van der Waals surface area contributed by atoms with E-state index in [1.165, 1.54) is 30.3 Å². The number of halogens is 2. The Balaban J connectivity index is 1.65. The number of amidine groups is 2. The molecule has 2 atom stereocenters. The number of hydrogen-bond acceptors (Lipinski definition) is 11. The Morgan fingerprint density at radius 3 is 2.65 bits per heavy atom. The molecule has 0 radical (unpaired) electrons. The zero-order valence-electron chi connectivity index (χ0n) is 23.3. The number of aliphatic imine (C=N–C) groups is 1. The van der Waals surface area contributed by atoms with Gasteiger partial charge in [0.2, 0.25) is 11.6 Å². The Morgan fingerprint density at radius 1 is 1.21 bits per heavy atom. The van der Waals surface area contributed by atoms with E-state index in [9.17, 15) is 18.5 Å². The second-order valence-electron chi connectivity index (χ2n) is 9.34. The zero-order valence-corrected chi connectivity index (χ0v) is 24.1. The van der Waals surface area contributed by atoms with Crippen molar-refractivity contribution in [2.75, 3.05) is 32.5 Å². The maximum atomic E-state index is 15.5. The number of nitrogens with zero attached hydrogens (tertiary/aromatic N) is 3. The van der Waals surface area contributed by atoms with Gasteiger partial charge in [0.25, 0.3) is 5.88 Å². The van der Waals surface area contributed by atoms with Crippen LogP contribution in [0.5, 0.6) is 28.9 Å². The third-order valence-electron chi connectivity index (χ3n) is 6.31. The van der Waals surface area contributed by atoms with Gasteiger partial charge in [0.15, 0.2) is 17.3 Å². The van der Waals surface area contributed by atoms with Crippen LogP contribution >= 0.6 is 0 Å². The minimum atomic E-state index is -1.59. The van der Waals surface area contributed by atoms with Crippen LogP contribution < -0.4 is 20.9 Å². The van der Waals surface area contributed by atoms with Crippen molar-refractivity contribution in [3.05, 3.63) is 65.4 Å². The summed E-state index contributed by atoms with van der Waals surface area (Å²) in [5.41, 5.74) is 11.8. The predicted molar refractivity (Wildman–Crippen MR) is 154 cm³/mol. The summed E-state index contributed by atoms with van der Waals surface area (Å²) in [6.07, 6.45) is 0.801. The minimum Gasteiger partial charge on any atom is -0.504 e. The van der Waals surface area contributed by atoms with Gasteiger partial charge in [0.05, 0.1) is 35.7 Å². The largest absolute Gasteiger partial charge is 0.504 e. The normalized spacial score (nSPS) is 14.2. The molecule has 3 aromatic rings. The number of phenolic OH excluding ortho intramolecular Hbond substituents is 1. The van der Waals surface area contributed by atoms with E-state index in [0.717, 1.165) is 0 Å². The van der Waals surface area contributed by atoms with E-state index < -0.39 is 51.8 Å². The third kappa shape index (κ3) is 7.24. The van der Waals surface area contributed by atoms with Gasteiger partial charge in [-0.05, 0) is 49.7 Å². The standard InChI is InChI=1S/C28H30F2N6O6S/c1-3-40-28(38)19(31)8-11-43(39)16-5-7-21(17(13-16)26-34-9-10-36(26)2)41-24-18(29)14-35-27(23(24)30)42-22-12-15(25(32)33)4-6-20(22)37/h4-7,12-14,19,37H,3,8-11,31H2,1-2H3,(H3,32,33). The molecule has 0 amide bonds. The van der Waals surface area contributed by atoms with Crippen molar-refractivity contribution in [2.45, 2.75) is 24.3 Å². The number of likely N-dealkylation sites (N-methyl/N-ethyl adjacent to an activating group) is 1. The van der Waals surface area contributed by atoms with E-state index in [1.54, 1.807) is 20.0 Å². The molecule has 1 aliphatic rings. The average Bonchev–Trinajstić information content (AvgIpc) is 3.41. The number of phenols is 1. The van der Waals surface area contributed by atoms with Crippen molar-refractivity contribution in [3.63, 3.8) is 0 Å². The van der Waals surface area contributed by atoms with E-state index in [2.05, 4.69) is 9.98 Å². The Labute approximate surface area is 248 Å². The molecule has 0 bridgehead atoms. The van der Waals surface area contributed by atoms with Crippen LogP contribution in [0.15, 0.2) is 52.5 Å². The summed E-state index contributed by atoms with van der Waals surface area (Å²) in [6.45, 7) is 2.88. The summed E-state index contributed by atoms with van der Waals surface area (Å²) in [5, 5.41) is 17.7. The molecule has 228 valence electrons. The summed E-state index contributed by atoms with van der Waals surface area (Å²) in [5.74, 6) is -5.04. The maximum Gasteiger partial charge on any atom is 0.322 e. The van der Waals surface area contributed by atoms with Crippen LogP contribution in [0.25, 0.3) is 0 Å². The number of pyridine rings is 1. The minimum absolute atomic E-state index is 0.00727. The van der Waals surface area contributed by atoms with Gasteiger partial charge < -0.3 is 35.7 Å². The molecule has 0 spiro atoms. The predicted octanol–water partition coefficient (Wildman–Crippen LogP) is 3.01. The van der Waals surface area contributed by atoms with Gasteiger partial charge in [-0.2, -0.15) is 4.39 Å². The molecule has 15 heteroatoms. The van der Waals surface area contributed by atoms with Gasteiger partial charge in [0.1, 0.15) is 23.5 Å². The number of aromatic hydroxyl groups is 1. The van der Waals surface area contributed by atoms with Crippen molar-refractivity contribution in [1.82, 2.24) is 9.88 Å². The van der Waals surface area contributed by atoms with Crippen LogP contribution in [0.4, 0.5) is 8.78 Å². The Kier molecular flexibility index (Phi) is 9.88. The van der Waals surface area contributed by atoms with E-state index >= 15 is 4.39 Å². The van der Waals surface area contributed by atoms with Crippen molar-refractivity contribution < 1.29 is 37.1 Å². The Hall–Kier alpha value is -4.63. The van der Waals surface area contributed by atoms with Crippen LogP contribution in [0, 0.1) is 17.0 Å². The first-order valence-electron chi connectivity index (χ1n) is 13.1. The fourth-order valence-corrected chi connectivity index (χ4v) is 5.20. The molecule has 2 unspecified atom stereocenters. The second kappa shape index (κ2) is 13.6. The average molecular weight is 617 g/mol. The highest BCUT2D eigenvalue weighted by Gasteiger charge is 2.26. The van der Waals surface area contributed by atoms with E-state index in [4.69, 9.17) is 31.1 Å². The number of ether oxygens (including phenoxy) is 3. The topological polar surface area (TPSA) is 186 Å². The molecule has 0 saturated heterocycles. The number of benzene rings is 2. The van der Waals surface area contributed by atoms with Crippen LogP contribution in [-0.2, 0) is 20.3 Å². The molecule has 2 heterocycles. The highest BCUT2D eigenvalue weighted by Crippen LogP contribution is 2.38. The third-order valence-corrected chi connectivity index (χ3v) is 7.69. The number of nitrogen functional groups attached to an aromatic ring is 1. The van der Waals surface area contributed by atoms with Crippen molar-refractivity contribution >= 4 is 28.4 Å². The molecule has 12 nitrogen and oxygen atoms in total. The molecule has 4 rings (SSSR count). The lowest BCUT2D eigenvalue weighted by atomic mass is 10.1. The van der Waals surface area contributed by atoms with Crippen LogP contribution in [-0.4, -0.2) is 75.4 Å². The maximum absolute atomic E-state index is 15.5. The van der Waals surface area contributed by atoms with E-state index in [-0.39, 0.29) is 41.7 Å². The molecule has 6 N–H and O–H groups in total. The van der Waals surface area contributed by atoms with Crippen LogP contribution in [0.1, 0.15) is 24.5 Å². The first kappa shape index (κ1) is 31.3. The molecular formula is C28H30F2N6O6S. The van der Waals surface area contributed by atoms with Crippen LogP contribution in [0.3, 0.4) is 0 Å². The SMILES string of the molecule is CCOC(=O)C(N)CCS(=O)c1ccc(Oc2c(F)cnc(Oc3cc(C(=N)N)ccc3O)c2F)c(C2=NCCN2C)c1. The first-order valence-corrected chi connectivity index (χ1v) is 14.4. The molecule has 43 heavy (non-hydrogen) atoms. The zero-order chi connectivity index (χ0) is 31.3. The molecular weight excluding hydrogens is 586 g/mol. The van der Waals surface area contributed by atoms with Gasteiger partial charge in [-0.3, -0.25) is 19.4 Å². The number of carbonyl (C=O) groups is 1. The molecule has 0 fully saturated rings. The lowest BCUT2D eigenvalue weighted by Crippen LogP contribution is -2.33. The number of hydrogen-bond donors (Lipinski definition) is 4. The number of nitrogens with two attached hydrogens (primary N) is 2. The fourth-order valence-electron chi connectivity index (χ4n) is 4.03. The molecule has 0 saturated carbocycles. The molecule has 2 aromatic carbocycles. The Bertz CT molecular complexity index is 1600. The van der Waals surface area contributed by atoms with Gasteiger partial charge in [-0.15, -0.1) is 0 Å². The number of carbonyl (C=O) groups excluding carboxylic acids is 1. The summed E-state index contributed by atoms with van der Waals surface area (Å²) in [7, 11) is 0.190.